The van der Waals surface area contributed by atoms with Gasteiger partial charge in [0, 0.05) is 18.6 Å². The summed E-state index contributed by atoms with van der Waals surface area (Å²) < 4.78 is 0. The maximum Gasteiger partial charge on any atom is 0.0140 e. The molecular weight excluding hydrogens is 244 g/mol. The molecule has 0 aromatic rings. The van der Waals surface area contributed by atoms with Gasteiger partial charge in [0.25, 0.3) is 0 Å². The summed E-state index contributed by atoms with van der Waals surface area (Å²) in [5, 5.41) is 3.62. The molecule has 0 spiro atoms. The Labute approximate surface area is 125 Å². The Balaban J connectivity index is 1.64. The third kappa shape index (κ3) is 2.78. The van der Waals surface area contributed by atoms with Crippen LogP contribution in [-0.4, -0.2) is 36.6 Å². The lowest BCUT2D eigenvalue weighted by Gasteiger charge is -2.34. The topological polar surface area (TPSA) is 15.3 Å². The highest BCUT2D eigenvalue weighted by Crippen LogP contribution is 2.39. The molecule has 0 amide bonds. The molecule has 1 saturated carbocycles. The molecule has 5 atom stereocenters. The third-order valence-electron chi connectivity index (χ3n) is 6.57. The molecule has 0 aromatic carbocycles. The van der Waals surface area contributed by atoms with Crippen molar-refractivity contribution in [2.75, 3.05) is 19.6 Å². The summed E-state index contributed by atoms with van der Waals surface area (Å²) in [7, 11) is 0. The smallest absolute Gasteiger partial charge is 0.0140 e. The molecule has 2 heteroatoms. The Hall–Kier alpha value is -0.0800. The molecule has 3 fully saturated rings. The summed E-state index contributed by atoms with van der Waals surface area (Å²) >= 11 is 0. The molecule has 20 heavy (non-hydrogen) atoms. The first-order chi connectivity index (χ1) is 9.70. The van der Waals surface area contributed by atoms with Gasteiger partial charge >= 0.3 is 0 Å². The fraction of sp³-hybridized carbons (Fsp3) is 1.00. The molecule has 3 aliphatic rings. The highest BCUT2D eigenvalue weighted by molar-refractivity contribution is 5.00. The molecule has 3 rings (SSSR count). The highest BCUT2D eigenvalue weighted by Gasteiger charge is 2.45. The molecule has 0 bridgehead atoms. The summed E-state index contributed by atoms with van der Waals surface area (Å²) in [6, 6.07) is 1.77. The van der Waals surface area contributed by atoms with Crippen LogP contribution in [0.3, 0.4) is 0 Å². The number of nitrogens with one attached hydrogen (secondary N) is 1. The maximum atomic E-state index is 3.62. The first kappa shape index (κ1) is 14.8. The van der Waals surface area contributed by atoms with Gasteiger partial charge in [-0.1, -0.05) is 33.6 Å². The van der Waals surface area contributed by atoms with E-state index in [1.54, 1.807) is 0 Å². The van der Waals surface area contributed by atoms with Crippen LogP contribution in [0.1, 0.15) is 59.3 Å². The Bertz CT molecular complexity index is 315. The number of nitrogens with zero attached hydrogens (tertiary/aromatic N) is 1. The van der Waals surface area contributed by atoms with Crippen molar-refractivity contribution in [2.24, 2.45) is 23.7 Å². The fourth-order valence-electron chi connectivity index (χ4n) is 5.32. The van der Waals surface area contributed by atoms with Gasteiger partial charge in [-0.2, -0.15) is 0 Å². The van der Waals surface area contributed by atoms with Gasteiger partial charge in [-0.15, -0.1) is 0 Å². The van der Waals surface area contributed by atoms with Gasteiger partial charge < -0.3 is 5.32 Å². The number of hydrogen-bond donors (Lipinski definition) is 1. The van der Waals surface area contributed by atoms with E-state index in [2.05, 4.69) is 31.0 Å². The van der Waals surface area contributed by atoms with Crippen LogP contribution in [0.15, 0.2) is 0 Å². The molecule has 2 saturated heterocycles. The predicted octanol–water partition coefficient (Wildman–Crippen LogP) is 3.52. The van der Waals surface area contributed by atoms with E-state index in [1.807, 2.05) is 0 Å². The zero-order valence-corrected chi connectivity index (χ0v) is 13.8. The van der Waals surface area contributed by atoms with E-state index in [1.165, 1.54) is 58.2 Å². The monoisotopic (exact) mass is 278 g/mol. The average molecular weight is 278 g/mol. The second-order valence-corrected chi connectivity index (χ2v) is 7.92. The molecule has 2 nitrogen and oxygen atoms in total. The Morgan fingerprint density at radius 1 is 1.10 bits per heavy atom. The van der Waals surface area contributed by atoms with Crippen LogP contribution < -0.4 is 5.32 Å². The first-order valence-corrected chi connectivity index (χ1v) is 9.17. The summed E-state index contributed by atoms with van der Waals surface area (Å²) in [5.41, 5.74) is 0. The van der Waals surface area contributed by atoms with Crippen LogP contribution in [0.25, 0.3) is 0 Å². The van der Waals surface area contributed by atoms with Crippen LogP contribution in [0.5, 0.6) is 0 Å². The van der Waals surface area contributed by atoms with Crippen LogP contribution in [0.2, 0.25) is 0 Å². The number of likely N-dealkylation sites (tertiary alicyclic amines) is 1. The first-order valence-electron chi connectivity index (χ1n) is 9.17. The van der Waals surface area contributed by atoms with Gasteiger partial charge in [0.2, 0.25) is 0 Å². The lowest BCUT2D eigenvalue weighted by Crippen LogP contribution is -2.42. The molecule has 2 heterocycles. The van der Waals surface area contributed by atoms with Crippen molar-refractivity contribution in [3.63, 3.8) is 0 Å². The van der Waals surface area contributed by atoms with Crippen molar-refractivity contribution in [3.8, 4) is 0 Å². The van der Waals surface area contributed by atoms with E-state index in [4.69, 9.17) is 0 Å². The van der Waals surface area contributed by atoms with E-state index in [0.29, 0.717) is 0 Å². The van der Waals surface area contributed by atoms with Crippen LogP contribution in [0, 0.1) is 23.7 Å². The maximum absolute atomic E-state index is 3.62. The Kier molecular flexibility index (Phi) is 4.72. The summed E-state index contributed by atoms with van der Waals surface area (Å²) in [5.74, 6) is 3.77. The normalized spacial score (nSPS) is 42.9. The van der Waals surface area contributed by atoms with Gasteiger partial charge in [0.15, 0.2) is 0 Å². The standard InChI is InChI=1S/C18H34N2/c1-4-18-17-11-19-10-15(17)12-20(18)16-7-5-6-14(8-9-16)13(2)3/h13-19H,4-12H2,1-3H3. The summed E-state index contributed by atoms with van der Waals surface area (Å²) in [4.78, 5) is 2.94. The minimum Gasteiger partial charge on any atom is -0.316 e. The molecule has 0 radical (unpaired) electrons. The zero-order chi connectivity index (χ0) is 14.1. The largest absolute Gasteiger partial charge is 0.316 e. The van der Waals surface area contributed by atoms with E-state index in [0.717, 1.165) is 35.8 Å². The molecule has 5 unspecified atom stereocenters. The van der Waals surface area contributed by atoms with Crippen LogP contribution in [-0.2, 0) is 0 Å². The van der Waals surface area contributed by atoms with Crippen molar-refractivity contribution in [2.45, 2.75) is 71.4 Å². The molecular formula is C18H34N2. The number of hydrogen-bond acceptors (Lipinski definition) is 2. The zero-order valence-electron chi connectivity index (χ0n) is 13.8. The van der Waals surface area contributed by atoms with Crippen molar-refractivity contribution < 1.29 is 0 Å². The van der Waals surface area contributed by atoms with Gasteiger partial charge in [0.05, 0.1) is 0 Å². The van der Waals surface area contributed by atoms with Crippen molar-refractivity contribution in [1.82, 2.24) is 10.2 Å². The van der Waals surface area contributed by atoms with E-state index >= 15 is 0 Å². The van der Waals surface area contributed by atoms with Gasteiger partial charge in [-0.25, -0.2) is 0 Å². The molecule has 2 aliphatic heterocycles. The van der Waals surface area contributed by atoms with Crippen LogP contribution >= 0.6 is 0 Å². The Morgan fingerprint density at radius 2 is 1.95 bits per heavy atom. The van der Waals surface area contributed by atoms with E-state index in [9.17, 15) is 0 Å². The molecule has 0 aromatic heterocycles. The van der Waals surface area contributed by atoms with Gasteiger partial charge in [0.1, 0.15) is 0 Å². The highest BCUT2D eigenvalue weighted by atomic mass is 15.2. The molecule has 1 aliphatic carbocycles. The van der Waals surface area contributed by atoms with E-state index < -0.39 is 0 Å². The number of fused-ring (bicyclic) bond motifs is 1. The average Bonchev–Trinajstić information content (AvgIpc) is 2.90. The predicted molar refractivity (Wildman–Crippen MR) is 85.8 cm³/mol. The van der Waals surface area contributed by atoms with Crippen molar-refractivity contribution in [1.29, 1.82) is 0 Å². The second-order valence-electron chi connectivity index (χ2n) is 7.92. The lowest BCUT2D eigenvalue weighted by molar-refractivity contribution is 0.139. The summed E-state index contributed by atoms with van der Waals surface area (Å²) in [6.45, 7) is 11.2. The van der Waals surface area contributed by atoms with Crippen molar-refractivity contribution >= 4 is 0 Å². The van der Waals surface area contributed by atoms with Crippen molar-refractivity contribution in [3.05, 3.63) is 0 Å². The van der Waals surface area contributed by atoms with Gasteiger partial charge in [-0.3, -0.25) is 4.90 Å². The molecule has 1 N–H and O–H groups in total. The molecule has 116 valence electrons. The lowest BCUT2D eigenvalue weighted by atomic mass is 9.89. The quantitative estimate of drug-likeness (QED) is 0.795. The second kappa shape index (κ2) is 6.36. The minimum atomic E-state index is 0.871. The third-order valence-corrected chi connectivity index (χ3v) is 6.57. The van der Waals surface area contributed by atoms with Gasteiger partial charge in [-0.05, 0) is 62.4 Å². The Morgan fingerprint density at radius 3 is 2.70 bits per heavy atom. The fourth-order valence-corrected chi connectivity index (χ4v) is 5.32. The minimum absolute atomic E-state index is 0.871. The SMILES string of the molecule is CCC1C2CNCC2CN1C1CCCC(C(C)C)CC1. The summed E-state index contributed by atoms with van der Waals surface area (Å²) in [6.07, 6.45) is 8.70. The number of rotatable bonds is 3. The van der Waals surface area contributed by atoms with E-state index in [-0.39, 0.29) is 0 Å². The van der Waals surface area contributed by atoms with Crippen LogP contribution in [0.4, 0.5) is 0 Å².